The third-order valence-electron chi connectivity index (χ3n) is 3.55. The van der Waals surface area contributed by atoms with Crippen LogP contribution in [0.4, 0.5) is 0 Å². The Morgan fingerprint density at radius 1 is 1.39 bits per heavy atom. The highest BCUT2D eigenvalue weighted by atomic mass is 16.4. The molecule has 5 nitrogen and oxygen atoms in total. The number of nitrogens with one attached hydrogen (secondary N) is 1. The highest BCUT2D eigenvalue weighted by molar-refractivity contribution is 5.79. The van der Waals surface area contributed by atoms with E-state index in [2.05, 4.69) is 22.3 Å². The smallest absolute Gasteiger partial charge is 0.139 e. The van der Waals surface area contributed by atoms with Gasteiger partial charge in [0.25, 0.3) is 0 Å². The van der Waals surface area contributed by atoms with Gasteiger partial charge in [-0.3, -0.25) is 0 Å². The van der Waals surface area contributed by atoms with Crippen LogP contribution in [0.25, 0.3) is 0 Å². The lowest BCUT2D eigenvalue weighted by atomic mass is 10.0. The van der Waals surface area contributed by atoms with Gasteiger partial charge in [0.2, 0.25) is 0 Å². The topological polar surface area (TPSA) is 73.9 Å². The monoisotopic (exact) mass is 256 g/mol. The molecule has 0 aliphatic carbocycles. The van der Waals surface area contributed by atoms with Crippen molar-refractivity contribution in [3.05, 3.63) is 0 Å². The van der Waals surface area contributed by atoms with Crippen LogP contribution in [0.15, 0.2) is 5.16 Å². The van der Waals surface area contributed by atoms with Crippen LogP contribution in [-0.2, 0) is 0 Å². The van der Waals surface area contributed by atoms with E-state index in [1.807, 2.05) is 0 Å². The molecule has 0 aromatic heterocycles. The predicted molar refractivity (Wildman–Crippen MR) is 75.0 cm³/mol. The van der Waals surface area contributed by atoms with E-state index in [0.717, 1.165) is 19.4 Å². The third-order valence-corrected chi connectivity index (χ3v) is 3.55. The van der Waals surface area contributed by atoms with Gasteiger partial charge in [0.05, 0.1) is 0 Å². The average molecular weight is 256 g/mol. The zero-order chi connectivity index (χ0) is 13.2. The van der Waals surface area contributed by atoms with Gasteiger partial charge >= 0.3 is 0 Å². The fraction of sp³-hybridized carbons (Fsp3) is 0.923. The minimum absolute atomic E-state index is 0.336. The zero-order valence-electron chi connectivity index (χ0n) is 11.6. The summed E-state index contributed by atoms with van der Waals surface area (Å²) in [7, 11) is 0. The van der Waals surface area contributed by atoms with E-state index in [-0.39, 0.29) is 0 Å². The minimum Gasteiger partial charge on any atom is -0.409 e. The lowest BCUT2D eigenvalue weighted by molar-refractivity contribution is 0.198. The molecule has 0 unspecified atom stereocenters. The second-order valence-corrected chi connectivity index (χ2v) is 5.12. The second-order valence-electron chi connectivity index (χ2n) is 5.12. The molecular weight excluding hydrogens is 228 g/mol. The van der Waals surface area contributed by atoms with Gasteiger partial charge < -0.3 is 21.2 Å². The van der Waals surface area contributed by atoms with E-state index in [1.165, 1.54) is 38.9 Å². The van der Waals surface area contributed by atoms with Gasteiger partial charge in [-0.1, -0.05) is 12.1 Å². The SMILES string of the molecule is CCCN1CCC(NCCCCC(N)=NO)CC1. The molecule has 0 aromatic rings. The fourth-order valence-corrected chi connectivity index (χ4v) is 2.46. The number of nitrogens with two attached hydrogens (primary N) is 1. The molecule has 0 spiro atoms. The summed E-state index contributed by atoms with van der Waals surface area (Å²) in [6.45, 7) is 6.99. The van der Waals surface area contributed by atoms with Crippen molar-refractivity contribution in [2.24, 2.45) is 10.9 Å². The quantitative estimate of drug-likeness (QED) is 0.202. The number of likely N-dealkylation sites (tertiary alicyclic amines) is 1. The molecule has 18 heavy (non-hydrogen) atoms. The average Bonchev–Trinajstić information content (AvgIpc) is 2.40. The number of unbranched alkanes of at least 4 members (excludes halogenated alkanes) is 1. The largest absolute Gasteiger partial charge is 0.409 e. The minimum atomic E-state index is 0.336. The summed E-state index contributed by atoms with van der Waals surface area (Å²) >= 11 is 0. The van der Waals surface area contributed by atoms with Crippen molar-refractivity contribution in [3.8, 4) is 0 Å². The molecule has 0 atom stereocenters. The number of piperidine rings is 1. The maximum Gasteiger partial charge on any atom is 0.139 e. The van der Waals surface area contributed by atoms with Crippen molar-refractivity contribution in [1.29, 1.82) is 0 Å². The van der Waals surface area contributed by atoms with Crippen molar-refractivity contribution < 1.29 is 5.21 Å². The van der Waals surface area contributed by atoms with Crippen LogP contribution in [0.3, 0.4) is 0 Å². The van der Waals surface area contributed by atoms with Crippen molar-refractivity contribution in [3.63, 3.8) is 0 Å². The molecule has 1 aliphatic heterocycles. The van der Waals surface area contributed by atoms with Crippen LogP contribution in [0.2, 0.25) is 0 Å². The molecular formula is C13H28N4O. The highest BCUT2D eigenvalue weighted by Gasteiger charge is 2.17. The number of hydrogen-bond donors (Lipinski definition) is 3. The molecule has 1 rings (SSSR count). The molecule has 1 aliphatic rings. The van der Waals surface area contributed by atoms with Crippen LogP contribution >= 0.6 is 0 Å². The first-order valence-corrected chi connectivity index (χ1v) is 7.18. The van der Waals surface area contributed by atoms with Crippen LogP contribution in [-0.4, -0.2) is 48.2 Å². The Kier molecular flexibility index (Phi) is 7.76. The maximum atomic E-state index is 8.41. The molecule has 1 fully saturated rings. The summed E-state index contributed by atoms with van der Waals surface area (Å²) in [5.41, 5.74) is 5.42. The van der Waals surface area contributed by atoms with Crippen molar-refractivity contribution in [2.45, 2.75) is 51.5 Å². The first-order valence-electron chi connectivity index (χ1n) is 7.18. The highest BCUT2D eigenvalue weighted by Crippen LogP contribution is 2.10. The molecule has 1 saturated heterocycles. The van der Waals surface area contributed by atoms with E-state index in [9.17, 15) is 0 Å². The number of rotatable bonds is 8. The molecule has 5 heteroatoms. The van der Waals surface area contributed by atoms with Gasteiger partial charge in [-0.2, -0.15) is 0 Å². The summed E-state index contributed by atoms with van der Waals surface area (Å²) < 4.78 is 0. The Balaban J connectivity index is 1.97. The van der Waals surface area contributed by atoms with Gasteiger partial charge in [0, 0.05) is 12.5 Å². The molecule has 0 aromatic carbocycles. The van der Waals surface area contributed by atoms with Crippen LogP contribution in [0.1, 0.15) is 45.4 Å². The van der Waals surface area contributed by atoms with E-state index in [0.29, 0.717) is 18.3 Å². The Bertz CT molecular complexity index is 237. The van der Waals surface area contributed by atoms with Crippen LogP contribution in [0.5, 0.6) is 0 Å². The zero-order valence-corrected chi connectivity index (χ0v) is 11.6. The maximum absolute atomic E-state index is 8.41. The summed E-state index contributed by atoms with van der Waals surface area (Å²) in [6.07, 6.45) is 6.54. The number of amidine groups is 1. The van der Waals surface area contributed by atoms with Gasteiger partial charge in [-0.15, -0.1) is 0 Å². The van der Waals surface area contributed by atoms with E-state index in [4.69, 9.17) is 10.9 Å². The van der Waals surface area contributed by atoms with Crippen molar-refractivity contribution in [1.82, 2.24) is 10.2 Å². The Hall–Kier alpha value is -0.810. The molecule has 1 heterocycles. The van der Waals surface area contributed by atoms with Crippen molar-refractivity contribution >= 4 is 5.84 Å². The summed E-state index contributed by atoms with van der Waals surface area (Å²) in [5.74, 6) is 0.336. The number of hydrogen-bond acceptors (Lipinski definition) is 4. The standard InChI is InChI=1S/C13H28N4O/c1-2-9-17-10-6-12(7-11-17)15-8-4-3-5-13(14)16-18/h12,15,18H,2-11H2,1H3,(H2,14,16). The van der Waals surface area contributed by atoms with Crippen molar-refractivity contribution in [2.75, 3.05) is 26.2 Å². The Morgan fingerprint density at radius 3 is 2.72 bits per heavy atom. The van der Waals surface area contributed by atoms with Gasteiger partial charge in [0.1, 0.15) is 5.84 Å². The first kappa shape index (κ1) is 15.2. The fourth-order valence-electron chi connectivity index (χ4n) is 2.46. The first-order chi connectivity index (χ1) is 8.76. The summed E-state index contributed by atoms with van der Waals surface area (Å²) in [5, 5.41) is 15.0. The summed E-state index contributed by atoms with van der Waals surface area (Å²) in [6, 6.07) is 0.682. The molecule has 0 amide bonds. The summed E-state index contributed by atoms with van der Waals surface area (Å²) in [4.78, 5) is 2.55. The van der Waals surface area contributed by atoms with E-state index in [1.54, 1.807) is 0 Å². The second kappa shape index (κ2) is 9.16. The molecule has 0 radical (unpaired) electrons. The van der Waals surface area contributed by atoms with Gasteiger partial charge in [-0.05, 0) is 58.3 Å². The van der Waals surface area contributed by atoms with Crippen LogP contribution < -0.4 is 11.1 Å². The lowest BCUT2D eigenvalue weighted by Crippen LogP contribution is -2.42. The third kappa shape index (κ3) is 6.21. The van der Waals surface area contributed by atoms with Crippen LogP contribution in [0, 0.1) is 0 Å². The lowest BCUT2D eigenvalue weighted by Gasteiger charge is -2.32. The Morgan fingerprint density at radius 2 is 2.11 bits per heavy atom. The molecule has 0 bridgehead atoms. The predicted octanol–water partition coefficient (Wildman–Crippen LogP) is 1.37. The number of nitrogens with zero attached hydrogens (tertiary/aromatic N) is 2. The number of oxime groups is 1. The van der Waals surface area contributed by atoms with E-state index >= 15 is 0 Å². The van der Waals surface area contributed by atoms with Gasteiger partial charge in [0.15, 0.2) is 0 Å². The van der Waals surface area contributed by atoms with E-state index < -0.39 is 0 Å². The molecule has 106 valence electrons. The normalized spacial score (nSPS) is 19.3. The molecule has 4 N–H and O–H groups in total. The molecule has 0 saturated carbocycles. The Labute approximate surface area is 110 Å². The van der Waals surface area contributed by atoms with Gasteiger partial charge in [-0.25, -0.2) is 0 Å².